The van der Waals surface area contributed by atoms with E-state index in [0.29, 0.717) is 32.0 Å². The molecule has 0 aliphatic heterocycles. The van der Waals surface area contributed by atoms with Crippen LogP contribution in [0.25, 0.3) is 0 Å². The van der Waals surface area contributed by atoms with Crippen LogP contribution in [0.15, 0.2) is 0 Å². The molecule has 0 aliphatic carbocycles. The Morgan fingerprint density at radius 1 is 0.643 bits per heavy atom. The van der Waals surface area contributed by atoms with Crippen molar-refractivity contribution in [3.05, 3.63) is 0 Å². The van der Waals surface area contributed by atoms with Crippen molar-refractivity contribution >= 4 is 11.9 Å². The average Bonchev–Trinajstić information content (AvgIpc) is 2.64. The van der Waals surface area contributed by atoms with Crippen molar-refractivity contribution in [2.75, 3.05) is 13.2 Å². The van der Waals surface area contributed by atoms with Gasteiger partial charge in [-0.05, 0) is 37.5 Å². The SMILES string of the molecule is CCCCCCCOC(=O)CCCCCC(=O)OCCC(C)CCCC(C)C. The molecule has 0 aromatic heterocycles. The van der Waals surface area contributed by atoms with Crippen LogP contribution in [-0.2, 0) is 19.1 Å². The van der Waals surface area contributed by atoms with Crippen molar-refractivity contribution in [3.8, 4) is 0 Å². The Labute approximate surface area is 174 Å². The standard InChI is InChI=1S/C24H46O4/c1-5-6-7-8-12-19-27-23(25)16-10-9-11-17-24(26)28-20-18-22(4)15-13-14-21(2)3/h21-22H,5-20H2,1-4H3. The molecule has 0 amide bonds. The minimum Gasteiger partial charge on any atom is -0.466 e. The molecule has 0 heterocycles. The summed E-state index contributed by atoms with van der Waals surface area (Å²) >= 11 is 0. The summed E-state index contributed by atoms with van der Waals surface area (Å²) in [5, 5.41) is 0. The highest BCUT2D eigenvalue weighted by atomic mass is 16.5. The van der Waals surface area contributed by atoms with Gasteiger partial charge in [0.25, 0.3) is 0 Å². The highest BCUT2D eigenvalue weighted by Crippen LogP contribution is 2.15. The van der Waals surface area contributed by atoms with Crippen LogP contribution in [0.2, 0.25) is 0 Å². The van der Waals surface area contributed by atoms with Gasteiger partial charge in [-0.2, -0.15) is 0 Å². The van der Waals surface area contributed by atoms with E-state index in [9.17, 15) is 9.59 Å². The zero-order valence-corrected chi connectivity index (χ0v) is 19.1. The smallest absolute Gasteiger partial charge is 0.305 e. The van der Waals surface area contributed by atoms with Gasteiger partial charge in [0.2, 0.25) is 0 Å². The highest BCUT2D eigenvalue weighted by molar-refractivity contribution is 5.69. The van der Waals surface area contributed by atoms with Crippen molar-refractivity contribution in [1.82, 2.24) is 0 Å². The van der Waals surface area contributed by atoms with Gasteiger partial charge in [0.15, 0.2) is 0 Å². The lowest BCUT2D eigenvalue weighted by Gasteiger charge is -2.12. The van der Waals surface area contributed by atoms with Crippen LogP contribution < -0.4 is 0 Å². The van der Waals surface area contributed by atoms with Gasteiger partial charge in [-0.25, -0.2) is 0 Å². The molecule has 0 radical (unpaired) electrons. The number of carbonyl (C=O) groups is 2. The third-order valence-electron chi connectivity index (χ3n) is 5.12. The zero-order valence-electron chi connectivity index (χ0n) is 19.1. The van der Waals surface area contributed by atoms with Crippen molar-refractivity contribution in [1.29, 1.82) is 0 Å². The lowest BCUT2D eigenvalue weighted by Crippen LogP contribution is -2.09. The van der Waals surface area contributed by atoms with E-state index in [0.717, 1.165) is 44.4 Å². The maximum absolute atomic E-state index is 11.8. The average molecular weight is 399 g/mol. The minimum atomic E-state index is -0.107. The first-order valence-electron chi connectivity index (χ1n) is 11.8. The molecule has 4 heteroatoms. The molecule has 0 aromatic carbocycles. The van der Waals surface area contributed by atoms with Gasteiger partial charge in [0, 0.05) is 12.8 Å². The van der Waals surface area contributed by atoms with Crippen molar-refractivity contribution < 1.29 is 19.1 Å². The Morgan fingerprint density at radius 2 is 1.21 bits per heavy atom. The van der Waals surface area contributed by atoms with Crippen molar-refractivity contribution in [2.45, 2.75) is 118 Å². The fourth-order valence-electron chi connectivity index (χ4n) is 3.14. The summed E-state index contributed by atoms with van der Waals surface area (Å²) in [4.78, 5) is 23.4. The molecule has 1 atom stereocenters. The second kappa shape index (κ2) is 19.3. The number of hydrogen-bond acceptors (Lipinski definition) is 4. The van der Waals surface area contributed by atoms with Crippen molar-refractivity contribution in [2.24, 2.45) is 11.8 Å². The molecule has 0 bridgehead atoms. The van der Waals surface area contributed by atoms with Gasteiger partial charge in [0.05, 0.1) is 13.2 Å². The van der Waals surface area contributed by atoms with E-state index in [-0.39, 0.29) is 11.9 Å². The van der Waals surface area contributed by atoms with Crippen molar-refractivity contribution in [3.63, 3.8) is 0 Å². The largest absolute Gasteiger partial charge is 0.466 e. The highest BCUT2D eigenvalue weighted by Gasteiger charge is 2.07. The van der Waals surface area contributed by atoms with Gasteiger partial charge in [-0.3, -0.25) is 9.59 Å². The quantitative estimate of drug-likeness (QED) is 0.176. The summed E-state index contributed by atoms with van der Waals surface area (Å²) in [5.74, 6) is 1.17. The van der Waals surface area contributed by atoms with Gasteiger partial charge in [-0.1, -0.05) is 79.1 Å². The Kier molecular flexibility index (Phi) is 18.5. The molecule has 0 spiro atoms. The topological polar surface area (TPSA) is 52.6 Å². The molecular formula is C24H46O4. The molecule has 0 saturated carbocycles. The van der Waals surface area contributed by atoms with E-state index in [1.165, 1.54) is 38.5 Å². The predicted octanol–water partition coefficient (Wildman–Crippen LogP) is 6.85. The lowest BCUT2D eigenvalue weighted by molar-refractivity contribution is -0.144. The van der Waals surface area contributed by atoms with Crippen LogP contribution in [-0.4, -0.2) is 25.2 Å². The third-order valence-corrected chi connectivity index (χ3v) is 5.12. The lowest BCUT2D eigenvalue weighted by atomic mass is 9.98. The van der Waals surface area contributed by atoms with Gasteiger partial charge >= 0.3 is 11.9 Å². The normalized spacial score (nSPS) is 12.2. The van der Waals surface area contributed by atoms with E-state index in [1.807, 2.05) is 0 Å². The maximum atomic E-state index is 11.8. The molecule has 166 valence electrons. The van der Waals surface area contributed by atoms with E-state index in [2.05, 4.69) is 27.7 Å². The maximum Gasteiger partial charge on any atom is 0.305 e. The van der Waals surface area contributed by atoms with E-state index in [4.69, 9.17) is 9.47 Å². The van der Waals surface area contributed by atoms with E-state index >= 15 is 0 Å². The molecule has 0 aromatic rings. The molecule has 4 nitrogen and oxygen atoms in total. The zero-order chi connectivity index (χ0) is 21.0. The molecule has 0 fully saturated rings. The number of esters is 2. The first-order chi connectivity index (χ1) is 13.5. The summed E-state index contributed by atoms with van der Waals surface area (Å²) in [7, 11) is 0. The second-order valence-electron chi connectivity index (χ2n) is 8.63. The molecule has 0 aliphatic rings. The first-order valence-corrected chi connectivity index (χ1v) is 11.8. The fraction of sp³-hybridized carbons (Fsp3) is 0.917. The summed E-state index contributed by atoms with van der Waals surface area (Å²) in [6.45, 7) is 10.0. The molecule has 0 rings (SSSR count). The number of carbonyl (C=O) groups excluding carboxylic acids is 2. The van der Waals surface area contributed by atoms with Gasteiger partial charge in [0.1, 0.15) is 0 Å². The number of ether oxygens (including phenoxy) is 2. The molecule has 0 N–H and O–H groups in total. The van der Waals surface area contributed by atoms with Crippen LogP contribution >= 0.6 is 0 Å². The third kappa shape index (κ3) is 19.7. The summed E-state index contributed by atoms with van der Waals surface area (Å²) in [6.07, 6.45) is 13.9. The summed E-state index contributed by atoms with van der Waals surface area (Å²) in [6, 6.07) is 0. The number of rotatable bonds is 19. The fourth-order valence-corrected chi connectivity index (χ4v) is 3.14. The van der Waals surface area contributed by atoms with Gasteiger partial charge in [-0.15, -0.1) is 0 Å². The van der Waals surface area contributed by atoms with E-state index in [1.54, 1.807) is 0 Å². The number of hydrogen-bond donors (Lipinski definition) is 0. The minimum absolute atomic E-state index is 0.107. The Hall–Kier alpha value is -1.06. The van der Waals surface area contributed by atoms with Crippen LogP contribution in [0, 0.1) is 11.8 Å². The monoisotopic (exact) mass is 398 g/mol. The molecule has 1 unspecified atom stereocenters. The molecular weight excluding hydrogens is 352 g/mol. The van der Waals surface area contributed by atoms with Crippen LogP contribution in [0.5, 0.6) is 0 Å². The first kappa shape index (κ1) is 26.9. The second-order valence-corrected chi connectivity index (χ2v) is 8.63. The summed E-state index contributed by atoms with van der Waals surface area (Å²) in [5.41, 5.74) is 0. The summed E-state index contributed by atoms with van der Waals surface area (Å²) < 4.78 is 10.6. The molecule has 0 saturated heterocycles. The Bertz CT molecular complexity index is 379. The predicted molar refractivity (Wildman–Crippen MR) is 116 cm³/mol. The van der Waals surface area contributed by atoms with Crippen LogP contribution in [0.4, 0.5) is 0 Å². The Balaban J connectivity index is 3.43. The van der Waals surface area contributed by atoms with Crippen LogP contribution in [0.3, 0.4) is 0 Å². The Morgan fingerprint density at radius 3 is 1.82 bits per heavy atom. The van der Waals surface area contributed by atoms with Gasteiger partial charge < -0.3 is 9.47 Å². The molecule has 28 heavy (non-hydrogen) atoms. The van der Waals surface area contributed by atoms with Crippen LogP contribution in [0.1, 0.15) is 118 Å². The number of unbranched alkanes of at least 4 members (excludes halogenated alkanes) is 6. The van der Waals surface area contributed by atoms with E-state index < -0.39 is 0 Å².